The topological polar surface area (TPSA) is 105 Å². The average Bonchev–Trinajstić information content (AvgIpc) is 3.27. The van der Waals surface area contributed by atoms with E-state index >= 15 is 0 Å². The molecule has 1 amide bonds. The van der Waals surface area contributed by atoms with E-state index in [0.29, 0.717) is 24.6 Å². The van der Waals surface area contributed by atoms with Crippen LogP contribution in [0.5, 0.6) is 0 Å². The molecule has 1 atom stereocenters. The van der Waals surface area contributed by atoms with Crippen LogP contribution < -0.4 is 0 Å². The number of carbonyl (C=O) groups excluding carboxylic acids is 1. The molecule has 1 aromatic heterocycles. The normalized spacial score (nSPS) is 17.3. The van der Waals surface area contributed by atoms with Gasteiger partial charge in [-0.15, -0.1) is 0 Å². The number of rotatable bonds is 5. The molecule has 2 aliphatic rings. The molecule has 184 valence electrons. The van der Waals surface area contributed by atoms with E-state index in [1.807, 2.05) is 0 Å². The fourth-order valence-electron chi connectivity index (χ4n) is 5.55. The number of carboxylic acid groups (broad SMARTS) is 1. The minimum atomic E-state index is -1.02. The van der Waals surface area contributed by atoms with Gasteiger partial charge in [-0.05, 0) is 48.6 Å². The fraction of sp³-hybridized carbons (Fsp3) is 0.444. The minimum Gasteiger partial charge on any atom is -0.478 e. The number of methoxy groups -OCH3 is 1. The SMILES string of the molecule is COC(=O)N1CCc2ccc3c(nc(C4CCCCC4)n3C[C@@H](O)c3cccc(C(=O)O)c3)c2C1. The van der Waals surface area contributed by atoms with Gasteiger partial charge in [-0.2, -0.15) is 0 Å². The van der Waals surface area contributed by atoms with E-state index < -0.39 is 12.1 Å². The summed E-state index contributed by atoms with van der Waals surface area (Å²) in [6, 6.07) is 10.6. The van der Waals surface area contributed by atoms with Gasteiger partial charge in [0.1, 0.15) is 5.82 Å². The zero-order chi connectivity index (χ0) is 24.5. The van der Waals surface area contributed by atoms with E-state index in [0.717, 1.165) is 54.5 Å². The maximum absolute atomic E-state index is 12.2. The Morgan fingerprint density at radius 3 is 2.71 bits per heavy atom. The summed E-state index contributed by atoms with van der Waals surface area (Å²) in [5.74, 6) is 0.262. The van der Waals surface area contributed by atoms with Crippen molar-refractivity contribution in [2.45, 2.75) is 63.6 Å². The van der Waals surface area contributed by atoms with E-state index in [-0.39, 0.29) is 18.2 Å². The monoisotopic (exact) mass is 477 g/mol. The molecule has 8 nitrogen and oxygen atoms in total. The number of imidazole rings is 1. The highest BCUT2D eigenvalue weighted by molar-refractivity contribution is 5.87. The van der Waals surface area contributed by atoms with Crippen molar-refractivity contribution in [2.24, 2.45) is 0 Å². The molecule has 0 unspecified atom stereocenters. The maximum atomic E-state index is 12.2. The van der Waals surface area contributed by atoms with Gasteiger partial charge in [0.25, 0.3) is 0 Å². The molecule has 0 saturated heterocycles. The van der Waals surface area contributed by atoms with Crippen molar-refractivity contribution in [3.05, 3.63) is 64.5 Å². The zero-order valence-electron chi connectivity index (χ0n) is 19.9. The van der Waals surface area contributed by atoms with Gasteiger partial charge < -0.3 is 24.4 Å². The molecule has 2 N–H and O–H groups in total. The third-order valence-corrected chi connectivity index (χ3v) is 7.43. The molecule has 0 bridgehead atoms. The Hall–Kier alpha value is -3.39. The molecule has 1 aliphatic carbocycles. The Morgan fingerprint density at radius 2 is 1.97 bits per heavy atom. The number of hydrogen-bond donors (Lipinski definition) is 2. The summed E-state index contributed by atoms with van der Waals surface area (Å²) in [4.78, 5) is 30.5. The van der Waals surface area contributed by atoms with Crippen LogP contribution in [0.25, 0.3) is 11.0 Å². The number of aromatic nitrogens is 2. The van der Waals surface area contributed by atoms with Crippen LogP contribution >= 0.6 is 0 Å². The van der Waals surface area contributed by atoms with Crippen molar-refractivity contribution in [3.8, 4) is 0 Å². The van der Waals surface area contributed by atoms with Crippen molar-refractivity contribution in [1.29, 1.82) is 0 Å². The highest BCUT2D eigenvalue weighted by atomic mass is 16.5. The number of ether oxygens (including phenoxy) is 1. The van der Waals surface area contributed by atoms with Gasteiger partial charge >= 0.3 is 12.1 Å². The van der Waals surface area contributed by atoms with Crippen LogP contribution in [-0.4, -0.2) is 50.4 Å². The summed E-state index contributed by atoms with van der Waals surface area (Å²) in [7, 11) is 1.40. The summed E-state index contributed by atoms with van der Waals surface area (Å²) in [6.45, 7) is 1.34. The molecule has 8 heteroatoms. The van der Waals surface area contributed by atoms with Crippen molar-refractivity contribution < 1.29 is 24.5 Å². The first kappa shape index (κ1) is 23.4. The van der Waals surface area contributed by atoms with Gasteiger partial charge in [-0.3, -0.25) is 0 Å². The van der Waals surface area contributed by atoms with E-state index in [1.165, 1.54) is 31.2 Å². The predicted molar refractivity (Wildman–Crippen MR) is 130 cm³/mol. The van der Waals surface area contributed by atoms with Crippen LogP contribution in [0.3, 0.4) is 0 Å². The van der Waals surface area contributed by atoms with Crippen LogP contribution in [0.2, 0.25) is 0 Å². The Morgan fingerprint density at radius 1 is 1.17 bits per heavy atom. The lowest BCUT2D eigenvalue weighted by Crippen LogP contribution is -2.35. The van der Waals surface area contributed by atoms with Crippen molar-refractivity contribution in [1.82, 2.24) is 14.5 Å². The predicted octanol–water partition coefficient (Wildman–Crippen LogP) is 4.64. The number of aliphatic hydroxyl groups excluding tert-OH is 1. The van der Waals surface area contributed by atoms with Crippen LogP contribution in [-0.2, 0) is 24.2 Å². The quantitative estimate of drug-likeness (QED) is 0.555. The average molecular weight is 478 g/mol. The maximum Gasteiger partial charge on any atom is 0.409 e. The van der Waals surface area contributed by atoms with Crippen molar-refractivity contribution in [2.75, 3.05) is 13.7 Å². The molecule has 2 aromatic carbocycles. The van der Waals surface area contributed by atoms with Crippen LogP contribution in [0.4, 0.5) is 4.79 Å². The highest BCUT2D eigenvalue weighted by Gasteiger charge is 2.28. The largest absolute Gasteiger partial charge is 0.478 e. The third-order valence-electron chi connectivity index (χ3n) is 7.43. The van der Waals surface area contributed by atoms with Crippen molar-refractivity contribution in [3.63, 3.8) is 0 Å². The molecular weight excluding hydrogens is 446 g/mol. The number of carbonyl (C=O) groups is 2. The van der Waals surface area contributed by atoms with Crippen molar-refractivity contribution >= 4 is 23.1 Å². The Bertz CT molecular complexity index is 1260. The second kappa shape index (κ2) is 9.70. The van der Waals surface area contributed by atoms with Crippen LogP contribution in [0.15, 0.2) is 36.4 Å². The Balaban J connectivity index is 1.57. The van der Waals surface area contributed by atoms with Gasteiger partial charge in [0.05, 0.1) is 42.9 Å². The molecule has 0 radical (unpaired) electrons. The fourth-order valence-corrected chi connectivity index (χ4v) is 5.55. The first-order valence-corrected chi connectivity index (χ1v) is 12.3. The van der Waals surface area contributed by atoms with E-state index in [2.05, 4.69) is 16.7 Å². The minimum absolute atomic E-state index is 0.154. The van der Waals surface area contributed by atoms with Crippen LogP contribution in [0.1, 0.15) is 77.0 Å². The lowest BCUT2D eigenvalue weighted by atomic mass is 9.88. The Labute approximate surface area is 204 Å². The molecule has 1 aliphatic heterocycles. The summed E-state index contributed by atoms with van der Waals surface area (Å²) >= 11 is 0. The molecule has 3 aromatic rings. The standard InChI is InChI=1S/C27H31N3O5/c1-35-27(34)29-13-12-17-10-11-22-24(21(17)15-29)28-25(18-6-3-2-4-7-18)30(22)16-23(31)19-8-5-9-20(14-19)26(32)33/h5,8-11,14,18,23,31H,2-4,6-7,12-13,15-16H2,1H3,(H,32,33)/t23-/m1/s1. The van der Waals surface area contributed by atoms with E-state index in [4.69, 9.17) is 9.72 Å². The van der Waals surface area contributed by atoms with Gasteiger partial charge in [0.15, 0.2) is 0 Å². The third kappa shape index (κ3) is 4.50. The Kier molecular flexibility index (Phi) is 6.47. The molecule has 35 heavy (non-hydrogen) atoms. The number of fused-ring (bicyclic) bond motifs is 3. The number of hydrogen-bond acceptors (Lipinski definition) is 5. The number of benzene rings is 2. The summed E-state index contributed by atoms with van der Waals surface area (Å²) < 4.78 is 7.07. The second-order valence-corrected chi connectivity index (χ2v) is 9.57. The molecule has 2 heterocycles. The van der Waals surface area contributed by atoms with Gasteiger partial charge in [-0.25, -0.2) is 14.6 Å². The van der Waals surface area contributed by atoms with Gasteiger partial charge in [0.2, 0.25) is 0 Å². The summed E-state index contributed by atoms with van der Waals surface area (Å²) in [5, 5.41) is 20.5. The summed E-state index contributed by atoms with van der Waals surface area (Å²) in [6.07, 6.45) is 5.19. The smallest absolute Gasteiger partial charge is 0.409 e. The first-order chi connectivity index (χ1) is 17.0. The van der Waals surface area contributed by atoms with Gasteiger partial charge in [-0.1, -0.05) is 37.5 Å². The lowest BCUT2D eigenvalue weighted by Gasteiger charge is -2.27. The number of aromatic carboxylic acids is 1. The number of aliphatic hydroxyl groups is 1. The molecule has 1 saturated carbocycles. The lowest BCUT2D eigenvalue weighted by molar-refractivity contribution is 0.0696. The summed E-state index contributed by atoms with van der Waals surface area (Å²) in [5.41, 5.74) is 4.76. The van der Waals surface area contributed by atoms with E-state index in [9.17, 15) is 19.8 Å². The zero-order valence-corrected chi connectivity index (χ0v) is 19.9. The number of carboxylic acids is 1. The second-order valence-electron chi connectivity index (χ2n) is 9.57. The molecule has 5 rings (SSSR count). The first-order valence-electron chi connectivity index (χ1n) is 12.3. The van der Waals surface area contributed by atoms with Gasteiger partial charge in [0, 0.05) is 18.0 Å². The molecule has 1 fully saturated rings. The molecular formula is C27H31N3O5. The van der Waals surface area contributed by atoms with E-state index in [1.54, 1.807) is 17.0 Å². The number of amides is 1. The highest BCUT2D eigenvalue weighted by Crippen LogP contribution is 2.37. The molecule has 0 spiro atoms. The van der Waals surface area contributed by atoms with Crippen LogP contribution in [0, 0.1) is 0 Å². The number of nitrogens with zero attached hydrogens (tertiary/aromatic N) is 3.